The highest BCUT2D eigenvalue weighted by atomic mass is 35.5. The molecule has 6 heteroatoms. The minimum atomic E-state index is -0.153. The normalized spacial score (nSPS) is 26.1. The zero-order valence-corrected chi connectivity index (χ0v) is 19.4. The molecule has 0 saturated carbocycles. The summed E-state index contributed by atoms with van der Waals surface area (Å²) in [4.78, 5) is 17.8. The molecular weight excluding hydrogens is 410 g/mol. The third-order valence-electron chi connectivity index (χ3n) is 6.57. The second-order valence-electron chi connectivity index (χ2n) is 9.21. The van der Waals surface area contributed by atoms with Crippen LogP contribution in [0.4, 0.5) is 5.69 Å². The van der Waals surface area contributed by atoms with Gasteiger partial charge in [-0.1, -0.05) is 54.9 Å². The molecule has 2 aromatic rings. The summed E-state index contributed by atoms with van der Waals surface area (Å²) in [5.41, 5.74) is 3.26. The summed E-state index contributed by atoms with van der Waals surface area (Å²) in [5.74, 6) is 0.121. The van der Waals surface area contributed by atoms with Crippen LogP contribution in [0.15, 0.2) is 48.5 Å². The fourth-order valence-corrected chi connectivity index (χ4v) is 5.19. The molecule has 0 aliphatic carbocycles. The number of piperazine rings is 1. The van der Waals surface area contributed by atoms with Gasteiger partial charge in [-0.05, 0) is 36.6 Å². The Kier molecular flexibility index (Phi) is 6.68. The standard InChI is InChI=1S/C25H32ClN3O2/c1-18-14-28(21(13-27-18)16-31-3)15-24(30)29-17-25(2,12-19-7-5-4-6-8-19)22-10-9-20(26)11-23(22)29/h4-11,18,21,27H,12-17H2,1-3H3/t18-,21-,25?/m1/s1. The monoisotopic (exact) mass is 441 g/mol. The summed E-state index contributed by atoms with van der Waals surface area (Å²) in [6.45, 7) is 7.72. The van der Waals surface area contributed by atoms with Crippen LogP contribution in [0, 0.1) is 0 Å². The maximum absolute atomic E-state index is 13.6. The Bertz CT molecular complexity index is 922. The average molecular weight is 442 g/mol. The summed E-state index contributed by atoms with van der Waals surface area (Å²) in [7, 11) is 1.71. The summed E-state index contributed by atoms with van der Waals surface area (Å²) >= 11 is 6.35. The predicted octanol–water partition coefficient (Wildman–Crippen LogP) is 3.50. The molecule has 1 unspecified atom stereocenters. The van der Waals surface area contributed by atoms with E-state index in [1.807, 2.05) is 23.1 Å². The van der Waals surface area contributed by atoms with Gasteiger partial charge in [0.2, 0.25) is 5.91 Å². The van der Waals surface area contributed by atoms with E-state index in [1.54, 1.807) is 7.11 Å². The molecule has 0 radical (unpaired) electrons. The molecule has 31 heavy (non-hydrogen) atoms. The highest BCUT2D eigenvalue weighted by molar-refractivity contribution is 6.31. The number of halogens is 1. The van der Waals surface area contributed by atoms with E-state index in [-0.39, 0.29) is 17.4 Å². The molecule has 5 nitrogen and oxygen atoms in total. The van der Waals surface area contributed by atoms with E-state index >= 15 is 0 Å². The third kappa shape index (κ3) is 4.80. The number of hydrogen-bond acceptors (Lipinski definition) is 4. The van der Waals surface area contributed by atoms with E-state index in [9.17, 15) is 4.79 Å². The molecule has 0 spiro atoms. The fourth-order valence-electron chi connectivity index (χ4n) is 5.02. The van der Waals surface area contributed by atoms with Gasteiger partial charge in [0.1, 0.15) is 0 Å². The number of hydrogen-bond donors (Lipinski definition) is 1. The van der Waals surface area contributed by atoms with Gasteiger partial charge in [0.05, 0.1) is 13.2 Å². The number of methoxy groups -OCH3 is 1. The number of nitrogens with one attached hydrogen (secondary N) is 1. The maximum atomic E-state index is 13.6. The first-order valence-electron chi connectivity index (χ1n) is 11.0. The highest BCUT2D eigenvalue weighted by Gasteiger charge is 2.42. The van der Waals surface area contributed by atoms with Crippen LogP contribution in [0.3, 0.4) is 0 Å². The molecule has 2 aliphatic rings. The van der Waals surface area contributed by atoms with Crippen molar-refractivity contribution in [2.24, 2.45) is 0 Å². The highest BCUT2D eigenvalue weighted by Crippen LogP contribution is 2.44. The molecule has 1 fully saturated rings. The van der Waals surface area contributed by atoms with Gasteiger partial charge in [-0.15, -0.1) is 0 Å². The molecule has 4 rings (SSSR count). The van der Waals surface area contributed by atoms with Crippen molar-refractivity contribution >= 4 is 23.2 Å². The average Bonchev–Trinajstić information content (AvgIpc) is 3.02. The lowest BCUT2D eigenvalue weighted by molar-refractivity contribution is -0.121. The number of rotatable bonds is 6. The molecule has 2 aliphatic heterocycles. The van der Waals surface area contributed by atoms with E-state index in [2.05, 4.69) is 54.4 Å². The van der Waals surface area contributed by atoms with E-state index < -0.39 is 0 Å². The number of nitrogens with zero attached hydrogens (tertiary/aromatic N) is 2. The van der Waals surface area contributed by atoms with Gasteiger partial charge in [0, 0.05) is 55.0 Å². The number of amides is 1. The number of ether oxygens (including phenoxy) is 1. The van der Waals surface area contributed by atoms with Crippen molar-refractivity contribution in [3.8, 4) is 0 Å². The van der Waals surface area contributed by atoms with Crippen LogP contribution in [-0.4, -0.2) is 62.8 Å². The Morgan fingerprint density at radius 1 is 1.26 bits per heavy atom. The molecule has 0 bridgehead atoms. The van der Waals surface area contributed by atoms with Crippen LogP contribution in [0.2, 0.25) is 5.02 Å². The van der Waals surface area contributed by atoms with Crippen LogP contribution in [0.1, 0.15) is 25.0 Å². The first kappa shape index (κ1) is 22.3. The zero-order valence-electron chi connectivity index (χ0n) is 18.6. The second kappa shape index (κ2) is 9.29. The van der Waals surface area contributed by atoms with E-state index in [0.29, 0.717) is 30.8 Å². The van der Waals surface area contributed by atoms with Crippen molar-refractivity contribution < 1.29 is 9.53 Å². The van der Waals surface area contributed by atoms with Crippen molar-refractivity contribution in [2.45, 2.75) is 37.8 Å². The minimum absolute atomic E-state index is 0.121. The molecule has 1 saturated heterocycles. The Balaban J connectivity index is 1.58. The molecule has 1 amide bonds. The van der Waals surface area contributed by atoms with Crippen molar-refractivity contribution in [1.82, 2.24) is 10.2 Å². The van der Waals surface area contributed by atoms with Crippen molar-refractivity contribution in [3.05, 3.63) is 64.7 Å². The van der Waals surface area contributed by atoms with Gasteiger partial charge in [-0.2, -0.15) is 0 Å². The number of fused-ring (bicyclic) bond motifs is 1. The summed E-state index contributed by atoms with van der Waals surface area (Å²) in [5, 5.41) is 4.15. The lowest BCUT2D eigenvalue weighted by Crippen LogP contribution is -2.59. The number of anilines is 1. The van der Waals surface area contributed by atoms with Crippen LogP contribution >= 0.6 is 11.6 Å². The zero-order chi connectivity index (χ0) is 22.0. The molecule has 2 aromatic carbocycles. The van der Waals surface area contributed by atoms with E-state index in [1.165, 1.54) is 11.1 Å². The van der Waals surface area contributed by atoms with Gasteiger partial charge >= 0.3 is 0 Å². The van der Waals surface area contributed by atoms with Gasteiger partial charge < -0.3 is 15.0 Å². The Labute approximate surface area is 190 Å². The molecule has 3 atom stereocenters. The molecule has 2 heterocycles. The van der Waals surface area contributed by atoms with Crippen LogP contribution in [-0.2, 0) is 21.4 Å². The quantitative estimate of drug-likeness (QED) is 0.745. The number of carbonyl (C=O) groups excluding carboxylic acids is 1. The van der Waals surface area contributed by atoms with Gasteiger partial charge in [0.25, 0.3) is 0 Å². The first-order chi connectivity index (χ1) is 14.9. The summed E-state index contributed by atoms with van der Waals surface area (Å²) < 4.78 is 5.40. The molecule has 166 valence electrons. The Hall–Kier alpha value is -1.92. The SMILES string of the molecule is COC[C@H]1CN[C@H](C)CN1CC(=O)N1CC(C)(Cc2ccccc2)c2ccc(Cl)cc21. The van der Waals surface area contributed by atoms with Gasteiger partial charge in [-0.3, -0.25) is 9.69 Å². The minimum Gasteiger partial charge on any atom is -0.383 e. The van der Waals surface area contributed by atoms with Crippen LogP contribution in [0.25, 0.3) is 0 Å². The van der Waals surface area contributed by atoms with Crippen molar-refractivity contribution in [1.29, 1.82) is 0 Å². The van der Waals surface area contributed by atoms with Crippen LogP contribution in [0.5, 0.6) is 0 Å². The lowest BCUT2D eigenvalue weighted by atomic mass is 9.79. The predicted molar refractivity (Wildman–Crippen MR) is 126 cm³/mol. The fraction of sp³-hybridized carbons (Fsp3) is 0.480. The van der Waals surface area contributed by atoms with Gasteiger partial charge in [-0.25, -0.2) is 0 Å². The second-order valence-corrected chi connectivity index (χ2v) is 9.65. The summed E-state index contributed by atoms with van der Waals surface area (Å²) in [6, 6.07) is 17.0. The number of benzene rings is 2. The Morgan fingerprint density at radius 3 is 2.77 bits per heavy atom. The largest absolute Gasteiger partial charge is 0.383 e. The Morgan fingerprint density at radius 2 is 2.03 bits per heavy atom. The summed E-state index contributed by atoms with van der Waals surface area (Å²) in [6.07, 6.45) is 0.878. The number of carbonyl (C=O) groups is 1. The third-order valence-corrected chi connectivity index (χ3v) is 6.81. The van der Waals surface area contributed by atoms with Crippen LogP contribution < -0.4 is 10.2 Å². The van der Waals surface area contributed by atoms with Gasteiger partial charge in [0.15, 0.2) is 0 Å². The van der Waals surface area contributed by atoms with Crippen molar-refractivity contribution in [3.63, 3.8) is 0 Å². The molecular formula is C25H32ClN3O2. The molecule has 1 N–H and O–H groups in total. The molecule has 0 aromatic heterocycles. The lowest BCUT2D eigenvalue weighted by Gasteiger charge is -2.39. The topological polar surface area (TPSA) is 44.8 Å². The van der Waals surface area contributed by atoms with Crippen molar-refractivity contribution in [2.75, 3.05) is 44.8 Å². The smallest absolute Gasteiger partial charge is 0.241 e. The van der Waals surface area contributed by atoms with E-state index in [0.717, 1.165) is 25.2 Å². The van der Waals surface area contributed by atoms with E-state index in [4.69, 9.17) is 16.3 Å². The first-order valence-corrected chi connectivity index (χ1v) is 11.4. The maximum Gasteiger partial charge on any atom is 0.241 e.